The van der Waals surface area contributed by atoms with Gasteiger partial charge in [-0.2, -0.15) is 0 Å². The molecule has 1 aliphatic carbocycles. The van der Waals surface area contributed by atoms with Crippen LogP contribution in [0.3, 0.4) is 0 Å². The molecule has 0 spiro atoms. The Morgan fingerprint density at radius 2 is 1.96 bits per heavy atom. The van der Waals surface area contributed by atoms with Crippen molar-refractivity contribution < 1.29 is 9.53 Å². The molecule has 0 bridgehead atoms. The van der Waals surface area contributed by atoms with Gasteiger partial charge in [-0.05, 0) is 76.6 Å². The summed E-state index contributed by atoms with van der Waals surface area (Å²) in [5.41, 5.74) is 1.57. The number of anilines is 1. The fourth-order valence-electron chi connectivity index (χ4n) is 3.52. The van der Waals surface area contributed by atoms with Gasteiger partial charge in [-0.1, -0.05) is 11.6 Å². The van der Waals surface area contributed by atoms with Crippen LogP contribution in [0, 0.1) is 5.92 Å². The number of alkyl carbamates (subject to hydrolysis) is 1. The van der Waals surface area contributed by atoms with E-state index in [4.69, 9.17) is 16.3 Å². The zero-order valence-electron chi connectivity index (χ0n) is 16.2. The summed E-state index contributed by atoms with van der Waals surface area (Å²) in [6.07, 6.45) is 5.81. The molecule has 5 nitrogen and oxygen atoms in total. The summed E-state index contributed by atoms with van der Waals surface area (Å²) in [6, 6.07) is 8.20. The first-order valence-corrected chi connectivity index (χ1v) is 9.95. The van der Waals surface area contributed by atoms with Crippen LogP contribution in [0.25, 0.3) is 10.9 Å². The number of rotatable bonds is 4. The molecular weight excluding hydrogens is 362 g/mol. The summed E-state index contributed by atoms with van der Waals surface area (Å²) in [4.78, 5) is 16.2. The van der Waals surface area contributed by atoms with Crippen LogP contribution in [0.4, 0.5) is 10.5 Å². The number of aromatic nitrogens is 1. The van der Waals surface area contributed by atoms with Crippen molar-refractivity contribution in [1.82, 2.24) is 10.3 Å². The van der Waals surface area contributed by atoms with Crippen molar-refractivity contribution in [3.8, 4) is 0 Å². The van der Waals surface area contributed by atoms with E-state index in [0.29, 0.717) is 18.5 Å². The minimum absolute atomic E-state index is 0.331. The number of benzene rings is 1. The Labute approximate surface area is 165 Å². The lowest BCUT2D eigenvalue weighted by Gasteiger charge is -2.30. The molecular formula is C21H28ClN3O2. The number of nitrogens with one attached hydrogen (secondary N) is 2. The van der Waals surface area contributed by atoms with Crippen molar-refractivity contribution in [3.63, 3.8) is 0 Å². The van der Waals surface area contributed by atoms with E-state index in [9.17, 15) is 4.79 Å². The largest absolute Gasteiger partial charge is 0.444 e. The molecule has 3 rings (SSSR count). The van der Waals surface area contributed by atoms with Gasteiger partial charge in [-0.3, -0.25) is 4.98 Å². The maximum absolute atomic E-state index is 11.8. The maximum Gasteiger partial charge on any atom is 0.407 e. The first kappa shape index (κ1) is 19.7. The third-order valence-corrected chi connectivity index (χ3v) is 5.08. The Morgan fingerprint density at radius 1 is 1.22 bits per heavy atom. The van der Waals surface area contributed by atoms with Crippen LogP contribution in [-0.4, -0.2) is 29.3 Å². The highest BCUT2D eigenvalue weighted by molar-refractivity contribution is 6.31. The second-order valence-electron chi connectivity index (χ2n) is 8.26. The summed E-state index contributed by atoms with van der Waals surface area (Å²) in [5, 5.41) is 8.33. The van der Waals surface area contributed by atoms with Gasteiger partial charge in [-0.25, -0.2) is 4.79 Å². The van der Waals surface area contributed by atoms with Crippen molar-refractivity contribution in [2.24, 2.45) is 5.92 Å². The van der Waals surface area contributed by atoms with Gasteiger partial charge < -0.3 is 15.4 Å². The number of carbonyl (C=O) groups excluding carboxylic acids is 1. The Balaban J connectivity index is 1.50. The molecule has 2 aromatic rings. The van der Waals surface area contributed by atoms with Crippen LogP contribution >= 0.6 is 11.6 Å². The number of hydrogen-bond acceptors (Lipinski definition) is 4. The SMILES string of the molecule is CC(C)(C)OC(=O)NCC1CCC(Nc2ccnc3ccc(Cl)cc23)CC1. The average molecular weight is 390 g/mol. The quantitative estimate of drug-likeness (QED) is 0.736. The van der Waals surface area contributed by atoms with E-state index in [1.165, 1.54) is 0 Å². The van der Waals surface area contributed by atoms with Crippen LogP contribution < -0.4 is 10.6 Å². The minimum atomic E-state index is -0.456. The van der Waals surface area contributed by atoms with Crippen molar-refractivity contribution >= 4 is 34.3 Å². The molecule has 1 aromatic heterocycles. The van der Waals surface area contributed by atoms with E-state index in [1.807, 2.05) is 51.2 Å². The maximum atomic E-state index is 11.8. The summed E-state index contributed by atoms with van der Waals surface area (Å²) in [5.74, 6) is 0.499. The van der Waals surface area contributed by atoms with Gasteiger partial charge >= 0.3 is 6.09 Å². The van der Waals surface area contributed by atoms with Gasteiger partial charge in [0.15, 0.2) is 0 Å². The summed E-state index contributed by atoms with van der Waals surface area (Å²) in [6.45, 7) is 6.30. The molecule has 6 heteroatoms. The molecule has 27 heavy (non-hydrogen) atoms. The van der Waals surface area contributed by atoms with E-state index < -0.39 is 5.60 Å². The van der Waals surface area contributed by atoms with Gasteiger partial charge in [0, 0.05) is 34.9 Å². The zero-order valence-corrected chi connectivity index (χ0v) is 17.0. The minimum Gasteiger partial charge on any atom is -0.444 e. The predicted molar refractivity (Wildman–Crippen MR) is 110 cm³/mol. The lowest BCUT2D eigenvalue weighted by Crippen LogP contribution is -2.37. The summed E-state index contributed by atoms with van der Waals surface area (Å²) < 4.78 is 5.30. The highest BCUT2D eigenvalue weighted by Crippen LogP contribution is 2.30. The van der Waals surface area contributed by atoms with E-state index in [1.54, 1.807) is 0 Å². The van der Waals surface area contributed by atoms with Crippen LogP contribution in [0.15, 0.2) is 30.5 Å². The Hall–Kier alpha value is -2.01. The molecule has 0 saturated heterocycles. The Bertz CT molecular complexity index is 796. The van der Waals surface area contributed by atoms with Crippen LogP contribution in [0.5, 0.6) is 0 Å². The molecule has 1 saturated carbocycles. The molecule has 1 heterocycles. The van der Waals surface area contributed by atoms with E-state index in [-0.39, 0.29) is 6.09 Å². The van der Waals surface area contributed by atoms with Gasteiger partial charge in [-0.15, -0.1) is 0 Å². The lowest BCUT2D eigenvalue weighted by atomic mass is 9.86. The van der Waals surface area contributed by atoms with E-state index in [2.05, 4.69) is 15.6 Å². The molecule has 2 N–H and O–H groups in total. The summed E-state index contributed by atoms with van der Waals surface area (Å²) in [7, 11) is 0. The van der Waals surface area contributed by atoms with Crippen molar-refractivity contribution in [1.29, 1.82) is 0 Å². The number of carbonyl (C=O) groups is 1. The van der Waals surface area contributed by atoms with E-state index >= 15 is 0 Å². The number of amides is 1. The number of hydrogen-bond donors (Lipinski definition) is 2. The van der Waals surface area contributed by atoms with Crippen LogP contribution in [-0.2, 0) is 4.74 Å². The molecule has 0 radical (unpaired) electrons. The Kier molecular flexibility index (Phi) is 6.10. The van der Waals surface area contributed by atoms with Crippen molar-refractivity contribution in [3.05, 3.63) is 35.5 Å². The highest BCUT2D eigenvalue weighted by atomic mass is 35.5. The number of nitrogens with zero attached hydrogens (tertiary/aromatic N) is 1. The number of fused-ring (bicyclic) bond motifs is 1. The average Bonchev–Trinajstić information content (AvgIpc) is 2.60. The van der Waals surface area contributed by atoms with Gasteiger partial charge in [0.2, 0.25) is 0 Å². The van der Waals surface area contributed by atoms with Gasteiger partial charge in [0.1, 0.15) is 5.60 Å². The van der Waals surface area contributed by atoms with Crippen LogP contribution in [0.1, 0.15) is 46.5 Å². The lowest BCUT2D eigenvalue weighted by molar-refractivity contribution is 0.0515. The standard InChI is InChI=1S/C21H28ClN3O2/c1-21(2,3)27-20(26)24-13-14-4-7-16(8-5-14)25-19-10-11-23-18-9-6-15(22)12-17(18)19/h6,9-12,14,16H,4-5,7-8,13H2,1-3H3,(H,23,25)(H,24,26). The zero-order chi connectivity index (χ0) is 19.4. The molecule has 1 aromatic carbocycles. The second-order valence-corrected chi connectivity index (χ2v) is 8.70. The number of ether oxygens (including phenoxy) is 1. The fourth-order valence-corrected chi connectivity index (χ4v) is 3.69. The first-order chi connectivity index (χ1) is 12.8. The monoisotopic (exact) mass is 389 g/mol. The summed E-state index contributed by atoms with van der Waals surface area (Å²) >= 11 is 6.15. The van der Waals surface area contributed by atoms with E-state index in [0.717, 1.165) is 47.3 Å². The normalized spacial score (nSPS) is 20.3. The van der Waals surface area contributed by atoms with Gasteiger partial charge in [0.25, 0.3) is 0 Å². The van der Waals surface area contributed by atoms with Crippen molar-refractivity contribution in [2.45, 2.75) is 58.1 Å². The number of pyridine rings is 1. The second kappa shape index (κ2) is 8.34. The Morgan fingerprint density at radius 3 is 2.67 bits per heavy atom. The topological polar surface area (TPSA) is 63.2 Å². The molecule has 1 aliphatic rings. The third kappa shape index (κ3) is 5.73. The molecule has 0 atom stereocenters. The molecule has 0 unspecified atom stereocenters. The molecule has 1 fully saturated rings. The molecule has 146 valence electrons. The highest BCUT2D eigenvalue weighted by Gasteiger charge is 2.23. The fraction of sp³-hybridized carbons (Fsp3) is 0.524. The molecule has 0 aliphatic heterocycles. The number of halogens is 1. The molecule has 1 amide bonds. The van der Waals surface area contributed by atoms with Crippen molar-refractivity contribution in [2.75, 3.05) is 11.9 Å². The smallest absolute Gasteiger partial charge is 0.407 e. The third-order valence-electron chi connectivity index (χ3n) is 4.84. The van der Waals surface area contributed by atoms with Gasteiger partial charge in [0.05, 0.1) is 5.52 Å². The predicted octanol–water partition coefficient (Wildman–Crippen LogP) is 5.38. The van der Waals surface area contributed by atoms with Crippen LogP contribution in [0.2, 0.25) is 5.02 Å². The first-order valence-electron chi connectivity index (χ1n) is 9.58.